The summed E-state index contributed by atoms with van der Waals surface area (Å²) >= 11 is 0. The average Bonchev–Trinajstić information content (AvgIpc) is 2.46. The lowest BCUT2D eigenvalue weighted by Gasteiger charge is -2.26. The van der Waals surface area contributed by atoms with Crippen molar-refractivity contribution in [3.8, 4) is 6.07 Å². The van der Waals surface area contributed by atoms with Crippen LogP contribution < -0.4 is 5.32 Å². The van der Waals surface area contributed by atoms with Gasteiger partial charge in [0.2, 0.25) is 0 Å². The van der Waals surface area contributed by atoms with E-state index in [-0.39, 0.29) is 17.9 Å². The van der Waals surface area contributed by atoms with Crippen molar-refractivity contribution in [3.63, 3.8) is 0 Å². The number of amides is 1. The first-order valence-corrected chi connectivity index (χ1v) is 7.15. The van der Waals surface area contributed by atoms with Crippen LogP contribution in [0.25, 0.3) is 0 Å². The number of hydrogen-bond donors (Lipinski definition) is 1. The number of hydrogen-bond acceptors (Lipinski definition) is 5. The molecule has 1 N–H and O–H groups in total. The van der Waals surface area contributed by atoms with Crippen LogP contribution in [0.1, 0.15) is 56.3 Å². The van der Waals surface area contributed by atoms with Gasteiger partial charge in [0.25, 0.3) is 5.91 Å². The second-order valence-electron chi connectivity index (χ2n) is 5.40. The van der Waals surface area contributed by atoms with Crippen molar-refractivity contribution in [2.75, 3.05) is 18.9 Å². The quantitative estimate of drug-likeness (QED) is 0.869. The lowest BCUT2D eigenvalue weighted by molar-refractivity contribution is 0.0704. The maximum absolute atomic E-state index is 12.7. The topological polar surface area (TPSA) is 81.9 Å². The van der Waals surface area contributed by atoms with Gasteiger partial charge in [-0.25, -0.2) is 9.97 Å². The Bertz CT molecular complexity index is 533. The summed E-state index contributed by atoms with van der Waals surface area (Å²) in [6, 6.07) is 2.08. The molecule has 0 aliphatic heterocycles. The van der Waals surface area contributed by atoms with Gasteiger partial charge >= 0.3 is 0 Å². The highest BCUT2D eigenvalue weighted by atomic mass is 16.2. The van der Waals surface area contributed by atoms with Gasteiger partial charge in [-0.2, -0.15) is 5.26 Å². The van der Waals surface area contributed by atoms with E-state index in [9.17, 15) is 4.79 Å². The van der Waals surface area contributed by atoms with Crippen molar-refractivity contribution < 1.29 is 4.79 Å². The molecule has 0 atom stereocenters. The minimum absolute atomic E-state index is 0.00743. The summed E-state index contributed by atoms with van der Waals surface area (Å²) in [5.41, 5.74) is 0.967. The first-order chi connectivity index (χ1) is 9.92. The van der Waals surface area contributed by atoms with Gasteiger partial charge in [0.05, 0.1) is 24.4 Å². The van der Waals surface area contributed by atoms with Gasteiger partial charge in [-0.15, -0.1) is 0 Å². The maximum Gasteiger partial charge on any atom is 0.275 e. The molecule has 0 aliphatic rings. The Labute approximate surface area is 126 Å². The van der Waals surface area contributed by atoms with Crippen LogP contribution in [-0.2, 0) is 0 Å². The van der Waals surface area contributed by atoms with Gasteiger partial charge in [0.15, 0.2) is 5.69 Å². The van der Waals surface area contributed by atoms with Crippen LogP contribution in [0.3, 0.4) is 0 Å². The van der Waals surface area contributed by atoms with Gasteiger partial charge in [0.1, 0.15) is 5.82 Å². The Kier molecular flexibility index (Phi) is 6.10. The summed E-state index contributed by atoms with van der Waals surface area (Å²) < 4.78 is 0. The highest BCUT2D eigenvalue weighted by Crippen LogP contribution is 2.18. The maximum atomic E-state index is 12.7. The van der Waals surface area contributed by atoms with Crippen molar-refractivity contribution in [1.82, 2.24) is 14.9 Å². The monoisotopic (exact) mass is 289 g/mol. The molecule has 6 heteroatoms. The molecule has 0 unspecified atom stereocenters. The normalized spacial score (nSPS) is 10.6. The predicted molar refractivity (Wildman–Crippen MR) is 82.1 cm³/mol. The van der Waals surface area contributed by atoms with Crippen molar-refractivity contribution in [3.05, 3.63) is 17.7 Å². The lowest BCUT2D eigenvalue weighted by atomic mass is 10.2. The number of nitrogens with one attached hydrogen (secondary N) is 1. The first kappa shape index (κ1) is 16.9. The lowest BCUT2D eigenvalue weighted by Crippen LogP contribution is -2.38. The van der Waals surface area contributed by atoms with Gasteiger partial charge in [-0.05, 0) is 13.8 Å². The van der Waals surface area contributed by atoms with E-state index in [1.54, 1.807) is 18.1 Å². The number of aromatic nitrogens is 2. The van der Waals surface area contributed by atoms with Gasteiger partial charge in [-0.1, -0.05) is 13.8 Å². The van der Waals surface area contributed by atoms with Gasteiger partial charge < -0.3 is 10.2 Å². The fourth-order valence-corrected chi connectivity index (χ4v) is 1.92. The SMILES string of the molecule is CNc1cnc(C(C)C)nc1C(=O)N(CCC#N)C(C)C. The summed E-state index contributed by atoms with van der Waals surface area (Å²) in [5.74, 6) is 0.615. The molecule has 0 fully saturated rings. The fourth-order valence-electron chi connectivity index (χ4n) is 1.92. The molecule has 1 heterocycles. The standard InChI is InChI=1S/C15H23N5O/c1-10(2)14-18-9-12(17-5)13(19-14)15(21)20(11(3)4)8-6-7-16/h9-11,17H,6,8H2,1-5H3. The molecular formula is C15H23N5O. The Morgan fingerprint density at radius 2 is 2.10 bits per heavy atom. The number of carbonyl (C=O) groups excluding carboxylic acids is 1. The van der Waals surface area contributed by atoms with Crippen LogP contribution in [0.15, 0.2) is 6.20 Å². The summed E-state index contributed by atoms with van der Waals surface area (Å²) in [6.07, 6.45) is 1.94. The second kappa shape index (κ2) is 7.58. The zero-order chi connectivity index (χ0) is 16.0. The Morgan fingerprint density at radius 3 is 2.57 bits per heavy atom. The third-order valence-electron chi connectivity index (χ3n) is 3.14. The number of anilines is 1. The molecule has 114 valence electrons. The fraction of sp³-hybridized carbons (Fsp3) is 0.600. The number of nitrogens with zero attached hydrogens (tertiary/aromatic N) is 4. The largest absolute Gasteiger partial charge is 0.385 e. The van der Waals surface area contributed by atoms with E-state index in [2.05, 4.69) is 21.4 Å². The molecule has 0 aliphatic carbocycles. The molecular weight excluding hydrogens is 266 g/mol. The van der Waals surface area contributed by atoms with E-state index in [1.807, 2.05) is 27.7 Å². The second-order valence-corrected chi connectivity index (χ2v) is 5.40. The molecule has 0 aromatic carbocycles. The van der Waals surface area contributed by atoms with E-state index in [1.165, 1.54) is 0 Å². The highest BCUT2D eigenvalue weighted by molar-refractivity contribution is 5.97. The molecule has 21 heavy (non-hydrogen) atoms. The van der Waals surface area contributed by atoms with Crippen LogP contribution in [0.4, 0.5) is 5.69 Å². The first-order valence-electron chi connectivity index (χ1n) is 7.15. The van der Waals surface area contributed by atoms with Crippen LogP contribution in [-0.4, -0.2) is 40.4 Å². The molecule has 0 radical (unpaired) electrons. The minimum atomic E-state index is -0.172. The van der Waals surface area contributed by atoms with Crippen molar-refractivity contribution in [2.24, 2.45) is 0 Å². The average molecular weight is 289 g/mol. The summed E-state index contributed by atoms with van der Waals surface area (Å²) in [4.78, 5) is 23.1. The highest BCUT2D eigenvalue weighted by Gasteiger charge is 2.23. The predicted octanol–water partition coefficient (Wildman–Crippen LogP) is 2.41. The molecule has 1 aromatic rings. The Balaban J connectivity index is 3.19. The Morgan fingerprint density at radius 1 is 1.43 bits per heavy atom. The van der Waals surface area contributed by atoms with E-state index in [0.717, 1.165) is 0 Å². The molecule has 6 nitrogen and oxygen atoms in total. The zero-order valence-electron chi connectivity index (χ0n) is 13.3. The minimum Gasteiger partial charge on any atom is -0.385 e. The smallest absolute Gasteiger partial charge is 0.275 e. The van der Waals surface area contributed by atoms with Crippen LogP contribution in [0.2, 0.25) is 0 Å². The number of nitriles is 1. The summed E-state index contributed by atoms with van der Waals surface area (Å²) in [6.45, 7) is 8.23. The van der Waals surface area contributed by atoms with E-state index in [0.29, 0.717) is 30.2 Å². The Hall–Kier alpha value is -2.16. The summed E-state index contributed by atoms with van der Waals surface area (Å²) in [5, 5.41) is 11.7. The third kappa shape index (κ3) is 4.15. The van der Waals surface area contributed by atoms with Gasteiger partial charge in [-0.3, -0.25) is 4.79 Å². The van der Waals surface area contributed by atoms with Crippen molar-refractivity contribution >= 4 is 11.6 Å². The molecule has 1 rings (SSSR count). The van der Waals surface area contributed by atoms with E-state index in [4.69, 9.17) is 5.26 Å². The van der Waals surface area contributed by atoms with Crippen LogP contribution in [0.5, 0.6) is 0 Å². The molecule has 0 saturated heterocycles. The van der Waals surface area contributed by atoms with Crippen LogP contribution >= 0.6 is 0 Å². The molecule has 0 bridgehead atoms. The van der Waals surface area contributed by atoms with E-state index >= 15 is 0 Å². The zero-order valence-corrected chi connectivity index (χ0v) is 13.3. The summed E-state index contributed by atoms with van der Waals surface area (Å²) in [7, 11) is 1.74. The van der Waals surface area contributed by atoms with Crippen molar-refractivity contribution in [2.45, 2.75) is 46.1 Å². The molecule has 0 saturated carbocycles. The molecule has 0 spiro atoms. The number of rotatable bonds is 6. The van der Waals surface area contributed by atoms with Crippen molar-refractivity contribution in [1.29, 1.82) is 5.26 Å². The third-order valence-corrected chi connectivity index (χ3v) is 3.14. The van der Waals surface area contributed by atoms with Gasteiger partial charge in [0, 0.05) is 25.6 Å². The van der Waals surface area contributed by atoms with Crippen LogP contribution in [0, 0.1) is 11.3 Å². The van der Waals surface area contributed by atoms with E-state index < -0.39 is 0 Å². The molecule has 1 aromatic heterocycles. The number of carbonyl (C=O) groups is 1. The molecule has 1 amide bonds.